The summed E-state index contributed by atoms with van der Waals surface area (Å²) >= 11 is 0. The predicted octanol–water partition coefficient (Wildman–Crippen LogP) is 1.44. The van der Waals surface area contributed by atoms with Crippen LogP contribution >= 0.6 is 0 Å². The maximum Gasteiger partial charge on any atom is 0.226 e. The molecular weight excluding hydrogens is 294 g/mol. The zero-order chi connectivity index (χ0) is 16.0. The fraction of sp³-hybridized carbons (Fsp3) is 0.667. The smallest absolute Gasteiger partial charge is 0.226 e. The van der Waals surface area contributed by atoms with Crippen LogP contribution in [0, 0.1) is 5.92 Å². The molecule has 2 aromatic heterocycles. The fourth-order valence-electron chi connectivity index (χ4n) is 3.49. The number of H-pyrrole nitrogens is 1. The minimum Gasteiger partial charge on any atom is -0.332 e. The molecule has 23 heavy (non-hydrogen) atoms. The van der Waals surface area contributed by atoms with Crippen LogP contribution in [0.3, 0.4) is 0 Å². The second-order valence-electron chi connectivity index (χ2n) is 6.76. The zero-order valence-corrected chi connectivity index (χ0v) is 13.4. The highest BCUT2D eigenvalue weighted by Gasteiger charge is 2.48. The van der Waals surface area contributed by atoms with Crippen LogP contribution in [0.5, 0.6) is 0 Å². The van der Waals surface area contributed by atoms with Crippen LogP contribution in [0.1, 0.15) is 62.5 Å². The van der Waals surface area contributed by atoms with E-state index >= 15 is 0 Å². The molecule has 122 valence electrons. The number of hydrogen-bond acceptors (Lipinski definition) is 5. The molecule has 8 heteroatoms. The van der Waals surface area contributed by atoms with Crippen molar-refractivity contribution in [1.29, 1.82) is 0 Å². The molecule has 0 radical (unpaired) electrons. The Labute approximate surface area is 134 Å². The number of nitrogens with zero attached hydrogens (tertiary/aromatic N) is 6. The van der Waals surface area contributed by atoms with Crippen molar-refractivity contribution in [2.24, 2.45) is 5.92 Å². The third kappa shape index (κ3) is 2.51. The van der Waals surface area contributed by atoms with Gasteiger partial charge in [0.1, 0.15) is 0 Å². The Kier molecular flexibility index (Phi) is 3.39. The van der Waals surface area contributed by atoms with Crippen LogP contribution in [0.25, 0.3) is 0 Å². The number of aromatic amines is 1. The van der Waals surface area contributed by atoms with Crippen molar-refractivity contribution in [3.05, 3.63) is 23.8 Å². The van der Waals surface area contributed by atoms with Gasteiger partial charge in [-0.15, -0.1) is 10.2 Å². The van der Waals surface area contributed by atoms with E-state index in [-0.39, 0.29) is 17.9 Å². The molecule has 0 aromatic carbocycles. The summed E-state index contributed by atoms with van der Waals surface area (Å²) in [4.78, 5) is 14.8. The molecule has 3 unspecified atom stereocenters. The average Bonchev–Trinajstić information content (AvgIpc) is 3.02. The first-order valence-electron chi connectivity index (χ1n) is 8.23. The summed E-state index contributed by atoms with van der Waals surface area (Å²) in [6.45, 7) is 4.99. The summed E-state index contributed by atoms with van der Waals surface area (Å²) in [5.74, 6) is 1.23. The standard InChI is InChI=1S/C15H21N7O/c1-9(2)22-8-10(7-16-22)11-6-12(11)15(23)21-5-3-4-13(21)14-17-19-20-18-14/h7-9,11-13H,3-6H2,1-2H3,(H,17,18,19,20). The quantitative estimate of drug-likeness (QED) is 0.921. The van der Waals surface area contributed by atoms with Crippen molar-refractivity contribution < 1.29 is 4.79 Å². The number of aromatic nitrogens is 6. The van der Waals surface area contributed by atoms with Gasteiger partial charge in [0.2, 0.25) is 5.91 Å². The van der Waals surface area contributed by atoms with Crippen LogP contribution in [-0.4, -0.2) is 47.8 Å². The molecule has 2 aliphatic rings. The van der Waals surface area contributed by atoms with Gasteiger partial charge in [-0.05, 0) is 44.6 Å². The average molecular weight is 315 g/mol. The maximum absolute atomic E-state index is 12.9. The van der Waals surface area contributed by atoms with Gasteiger partial charge in [-0.3, -0.25) is 9.48 Å². The molecule has 3 heterocycles. The Bertz CT molecular complexity index is 693. The molecule has 1 saturated heterocycles. The van der Waals surface area contributed by atoms with Crippen molar-refractivity contribution in [2.45, 2.75) is 51.1 Å². The van der Waals surface area contributed by atoms with Crippen molar-refractivity contribution in [1.82, 2.24) is 35.3 Å². The van der Waals surface area contributed by atoms with Crippen molar-refractivity contribution in [3.63, 3.8) is 0 Å². The summed E-state index contributed by atoms with van der Waals surface area (Å²) < 4.78 is 1.95. The number of rotatable bonds is 4. The first-order chi connectivity index (χ1) is 11.1. The van der Waals surface area contributed by atoms with Gasteiger partial charge in [0.15, 0.2) is 5.82 Å². The van der Waals surface area contributed by atoms with E-state index in [4.69, 9.17) is 0 Å². The topological polar surface area (TPSA) is 92.6 Å². The Morgan fingerprint density at radius 1 is 1.43 bits per heavy atom. The lowest BCUT2D eigenvalue weighted by Crippen LogP contribution is -2.32. The molecule has 3 atom stereocenters. The molecule has 1 N–H and O–H groups in total. The van der Waals surface area contributed by atoms with Gasteiger partial charge in [-0.1, -0.05) is 5.21 Å². The molecule has 0 bridgehead atoms. The second kappa shape index (κ2) is 5.43. The van der Waals surface area contributed by atoms with Crippen molar-refractivity contribution in [3.8, 4) is 0 Å². The van der Waals surface area contributed by atoms with E-state index in [1.54, 1.807) is 0 Å². The van der Waals surface area contributed by atoms with Crippen LogP contribution in [0.2, 0.25) is 0 Å². The van der Waals surface area contributed by atoms with Crippen LogP contribution in [0.15, 0.2) is 12.4 Å². The van der Waals surface area contributed by atoms with E-state index < -0.39 is 0 Å². The first-order valence-corrected chi connectivity index (χ1v) is 8.23. The highest BCUT2D eigenvalue weighted by Crippen LogP contribution is 2.50. The van der Waals surface area contributed by atoms with E-state index in [0.717, 1.165) is 25.8 Å². The number of carbonyl (C=O) groups is 1. The van der Waals surface area contributed by atoms with Gasteiger partial charge < -0.3 is 4.90 Å². The summed E-state index contributed by atoms with van der Waals surface area (Å²) in [6.07, 6.45) is 6.79. The summed E-state index contributed by atoms with van der Waals surface area (Å²) in [7, 11) is 0. The van der Waals surface area contributed by atoms with E-state index in [9.17, 15) is 4.79 Å². The van der Waals surface area contributed by atoms with Crippen LogP contribution in [-0.2, 0) is 4.79 Å². The number of tetrazole rings is 1. The van der Waals surface area contributed by atoms with Gasteiger partial charge in [-0.2, -0.15) is 10.3 Å². The summed E-state index contributed by atoms with van der Waals surface area (Å²) in [5, 5.41) is 18.6. The maximum atomic E-state index is 12.9. The largest absolute Gasteiger partial charge is 0.332 e. The second-order valence-corrected chi connectivity index (χ2v) is 6.76. The molecule has 4 rings (SSSR count). The molecule has 1 saturated carbocycles. The Hall–Kier alpha value is -2.25. The number of hydrogen-bond donors (Lipinski definition) is 1. The molecule has 1 aliphatic carbocycles. The summed E-state index contributed by atoms with van der Waals surface area (Å²) in [6, 6.07) is 0.318. The van der Waals surface area contributed by atoms with Crippen molar-refractivity contribution >= 4 is 5.91 Å². The monoisotopic (exact) mass is 315 g/mol. The van der Waals surface area contributed by atoms with E-state index in [2.05, 4.69) is 45.8 Å². The van der Waals surface area contributed by atoms with Gasteiger partial charge >= 0.3 is 0 Å². The number of nitrogens with one attached hydrogen (secondary N) is 1. The SMILES string of the molecule is CC(C)n1cc(C2CC2C(=O)N2CCCC2c2nn[nH]n2)cn1. The van der Waals surface area contributed by atoms with Gasteiger partial charge in [0, 0.05) is 24.7 Å². The lowest BCUT2D eigenvalue weighted by molar-refractivity contribution is -0.133. The normalized spacial score (nSPS) is 26.9. The first kappa shape index (κ1) is 14.3. The lowest BCUT2D eigenvalue weighted by Gasteiger charge is -2.22. The van der Waals surface area contributed by atoms with Gasteiger partial charge in [0.25, 0.3) is 0 Å². The Balaban J connectivity index is 1.46. The zero-order valence-electron chi connectivity index (χ0n) is 13.4. The van der Waals surface area contributed by atoms with Gasteiger partial charge in [0.05, 0.1) is 12.2 Å². The Morgan fingerprint density at radius 2 is 2.30 bits per heavy atom. The molecule has 2 aromatic rings. The van der Waals surface area contributed by atoms with Crippen LogP contribution in [0.4, 0.5) is 0 Å². The number of amides is 1. The molecule has 1 aliphatic heterocycles. The van der Waals surface area contributed by atoms with E-state index in [1.807, 2.05) is 15.8 Å². The minimum absolute atomic E-state index is 0.0270. The molecule has 1 amide bonds. The molecule has 2 fully saturated rings. The Morgan fingerprint density at radius 3 is 3.00 bits per heavy atom. The highest BCUT2D eigenvalue weighted by molar-refractivity contribution is 5.83. The van der Waals surface area contributed by atoms with E-state index in [0.29, 0.717) is 17.8 Å². The number of likely N-dealkylation sites (tertiary alicyclic amines) is 1. The lowest BCUT2D eigenvalue weighted by atomic mass is 10.1. The fourth-order valence-corrected chi connectivity index (χ4v) is 3.49. The van der Waals surface area contributed by atoms with Crippen LogP contribution < -0.4 is 0 Å². The van der Waals surface area contributed by atoms with Crippen molar-refractivity contribution in [2.75, 3.05) is 6.54 Å². The number of carbonyl (C=O) groups excluding carboxylic acids is 1. The highest BCUT2D eigenvalue weighted by atomic mass is 16.2. The molecule has 0 spiro atoms. The third-order valence-corrected chi connectivity index (χ3v) is 4.88. The molecule has 8 nitrogen and oxygen atoms in total. The molecular formula is C15H21N7O. The predicted molar refractivity (Wildman–Crippen MR) is 81.3 cm³/mol. The van der Waals surface area contributed by atoms with Gasteiger partial charge in [-0.25, -0.2) is 0 Å². The third-order valence-electron chi connectivity index (χ3n) is 4.88. The minimum atomic E-state index is -0.0270. The summed E-state index contributed by atoms with van der Waals surface area (Å²) in [5.41, 5.74) is 1.17. The van der Waals surface area contributed by atoms with E-state index in [1.165, 1.54) is 5.56 Å².